The number of carbonyl (C=O) groups excluding carboxylic acids is 1. The van der Waals surface area contributed by atoms with Crippen LogP contribution in [0.1, 0.15) is 34.6 Å². The summed E-state index contributed by atoms with van der Waals surface area (Å²) in [5.41, 5.74) is -1.44. The molecule has 4 N–H and O–H groups in total. The molecule has 9 nitrogen and oxygen atoms in total. The fraction of sp³-hybridized carbons (Fsp3) is 0.889. The average molecular weight is 515 g/mol. The third-order valence-electron chi connectivity index (χ3n) is 3.68. The third-order valence-corrected chi connectivity index (χ3v) is 3.68. The molecule has 1 fully saturated rings. The third kappa shape index (κ3) is 13.3. The van der Waals surface area contributed by atoms with E-state index >= 15 is 0 Å². The van der Waals surface area contributed by atoms with Crippen molar-refractivity contribution >= 4 is 36.0 Å². The molecule has 0 saturated carbocycles. The molecule has 166 valence electrons. The number of β-amino-alcohol motifs (C(OH)–C–C–N with tert-alkyl or cyclic N) is 1. The van der Waals surface area contributed by atoms with Crippen LogP contribution in [0.2, 0.25) is 0 Å². The largest absolute Gasteiger partial charge is 0.444 e. The van der Waals surface area contributed by atoms with Crippen molar-refractivity contribution in [2.75, 3.05) is 59.0 Å². The second kappa shape index (κ2) is 13.4. The van der Waals surface area contributed by atoms with Gasteiger partial charge in [-0.2, -0.15) is 0 Å². The van der Waals surface area contributed by atoms with Crippen molar-refractivity contribution in [2.45, 2.75) is 45.8 Å². The lowest BCUT2D eigenvalue weighted by molar-refractivity contribution is -0.0180. The quantitative estimate of drug-likeness (QED) is 0.164. The lowest BCUT2D eigenvalue weighted by Crippen LogP contribution is -2.48. The SMILES string of the molecule is CCNC(=NCC(C)(O)CN1CCOCC1)NCCNC(=O)OC(C)(C)C.I. The van der Waals surface area contributed by atoms with Crippen molar-refractivity contribution in [3.63, 3.8) is 0 Å². The number of carbonyl (C=O) groups is 1. The smallest absolute Gasteiger partial charge is 0.407 e. The molecule has 1 rings (SSSR count). The van der Waals surface area contributed by atoms with E-state index in [1.807, 2.05) is 27.7 Å². The van der Waals surface area contributed by atoms with Gasteiger partial charge in [-0.3, -0.25) is 9.89 Å². The van der Waals surface area contributed by atoms with Gasteiger partial charge in [0.2, 0.25) is 0 Å². The average Bonchev–Trinajstić information content (AvgIpc) is 2.55. The summed E-state index contributed by atoms with van der Waals surface area (Å²) in [6, 6.07) is 0. The van der Waals surface area contributed by atoms with Gasteiger partial charge in [0.25, 0.3) is 0 Å². The molecule has 1 heterocycles. The molecule has 10 heteroatoms. The van der Waals surface area contributed by atoms with Crippen molar-refractivity contribution in [3.05, 3.63) is 0 Å². The lowest BCUT2D eigenvalue weighted by Gasteiger charge is -2.33. The Morgan fingerprint density at radius 2 is 1.75 bits per heavy atom. The minimum atomic E-state index is -0.922. The zero-order valence-electron chi connectivity index (χ0n) is 17.8. The van der Waals surface area contributed by atoms with Crippen molar-refractivity contribution in [1.29, 1.82) is 0 Å². The predicted octanol–water partition coefficient (Wildman–Crippen LogP) is 0.767. The van der Waals surface area contributed by atoms with Crippen molar-refractivity contribution in [2.24, 2.45) is 4.99 Å². The second-order valence-corrected chi connectivity index (χ2v) is 7.94. The van der Waals surface area contributed by atoms with Gasteiger partial charge >= 0.3 is 6.09 Å². The number of aliphatic hydroxyl groups is 1. The molecule has 0 aromatic rings. The summed E-state index contributed by atoms with van der Waals surface area (Å²) in [5, 5.41) is 19.6. The Morgan fingerprint density at radius 1 is 1.14 bits per heavy atom. The molecule has 1 atom stereocenters. The summed E-state index contributed by atoms with van der Waals surface area (Å²) < 4.78 is 10.5. The molecule has 1 aliphatic rings. The minimum Gasteiger partial charge on any atom is -0.444 e. The monoisotopic (exact) mass is 515 g/mol. The Balaban J connectivity index is 0.00000729. The van der Waals surface area contributed by atoms with Crippen LogP contribution in [0.15, 0.2) is 4.99 Å². The second-order valence-electron chi connectivity index (χ2n) is 7.94. The molecule has 0 spiro atoms. The van der Waals surface area contributed by atoms with Crippen LogP contribution in [0.3, 0.4) is 0 Å². The van der Waals surface area contributed by atoms with Crippen molar-refractivity contribution in [3.8, 4) is 0 Å². The first-order valence-corrected chi connectivity index (χ1v) is 9.63. The fourth-order valence-electron chi connectivity index (χ4n) is 2.54. The maximum absolute atomic E-state index is 11.6. The maximum Gasteiger partial charge on any atom is 0.407 e. The van der Waals surface area contributed by atoms with E-state index in [-0.39, 0.29) is 30.5 Å². The zero-order chi connectivity index (χ0) is 20.3. The molecule has 0 bridgehead atoms. The van der Waals surface area contributed by atoms with E-state index < -0.39 is 17.3 Å². The van der Waals surface area contributed by atoms with Gasteiger partial charge in [0.1, 0.15) is 5.60 Å². The number of hydrogen-bond acceptors (Lipinski definition) is 6. The summed E-state index contributed by atoms with van der Waals surface area (Å²) >= 11 is 0. The van der Waals surface area contributed by atoms with Crippen LogP contribution < -0.4 is 16.0 Å². The molecule has 28 heavy (non-hydrogen) atoms. The number of morpholine rings is 1. The molecule has 1 saturated heterocycles. The van der Waals surface area contributed by atoms with Crippen LogP contribution in [0.5, 0.6) is 0 Å². The number of aliphatic imine (C=N–C) groups is 1. The first-order valence-electron chi connectivity index (χ1n) is 9.63. The van der Waals surface area contributed by atoms with Gasteiger partial charge in [-0.05, 0) is 34.6 Å². The molecular weight excluding hydrogens is 477 g/mol. The van der Waals surface area contributed by atoms with Crippen LogP contribution in [-0.2, 0) is 9.47 Å². The van der Waals surface area contributed by atoms with Crippen LogP contribution >= 0.6 is 24.0 Å². The van der Waals surface area contributed by atoms with Gasteiger partial charge in [-0.25, -0.2) is 4.79 Å². The lowest BCUT2D eigenvalue weighted by atomic mass is 10.1. The van der Waals surface area contributed by atoms with E-state index in [9.17, 15) is 9.90 Å². The number of ether oxygens (including phenoxy) is 2. The highest BCUT2D eigenvalue weighted by molar-refractivity contribution is 14.0. The molecule has 1 unspecified atom stereocenters. The Morgan fingerprint density at radius 3 is 2.32 bits per heavy atom. The number of rotatable bonds is 8. The van der Waals surface area contributed by atoms with Gasteiger partial charge in [-0.1, -0.05) is 0 Å². The van der Waals surface area contributed by atoms with E-state index in [1.54, 1.807) is 6.92 Å². The topological polar surface area (TPSA) is 107 Å². The van der Waals surface area contributed by atoms with Crippen molar-refractivity contribution in [1.82, 2.24) is 20.9 Å². The zero-order valence-corrected chi connectivity index (χ0v) is 20.2. The van der Waals surface area contributed by atoms with E-state index in [1.165, 1.54) is 0 Å². The summed E-state index contributed by atoms with van der Waals surface area (Å²) in [6.45, 7) is 14.7. The van der Waals surface area contributed by atoms with E-state index in [0.29, 0.717) is 45.4 Å². The van der Waals surface area contributed by atoms with E-state index in [2.05, 4.69) is 25.8 Å². The van der Waals surface area contributed by atoms with Crippen LogP contribution in [0.4, 0.5) is 4.79 Å². The number of nitrogens with one attached hydrogen (secondary N) is 3. The summed E-state index contributed by atoms with van der Waals surface area (Å²) in [5.74, 6) is 0.603. The normalized spacial score (nSPS) is 17.9. The van der Waals surface area contributed by atoms with Gasteiger partial charge in [0.05, 0.1) is 25.4 Å². The number of alkyl carbamates (subject to hydrolysis) is 1. The van der Waals surface area contributed by atoms with Gasteiger partial charge in [-0.15, -0.1) is 24.0 Å². The summed E-state index contributed by atoms with van der Waals surface area (Å²) in [7, 11) is 0. The molecule has 0 aliphatic carbocycles. The number of halogens is 1. The highest BCUT2D eigenvalue weighted by Gasteiger charge is 2.25. The standard InChI is InChI=1S/C18H37N5O4.HI/c1-6-19-15(20-7-8-21-16(24)27-17(2,3)4)22-13-18(5,25)14-23-9-11-26-12-10-23;/h25H,6-14H2,1-5H3,(H,21,24)(H2,19,20,22);1H. The van der Waals surface area contributed by atoms with E-state index in [0.717, 1.165) is 13.1 Å². The Kier molecular flexibility index (Phi) is 13.0. The van der Waals surface area contributed by atoms with Gasteiger partial charge in [0.15, 0.2) is 5.96 Å². The molecule has 0 radical (unpaired) electrons. The predicted molar refractivity (Wildman–Crippen MR) is 122 cm³/mol. The Labute approximate surface area is 186 Å². The Bertz CT molecular complexity index is 477. The fourth-order valence-corrected chi connectivity index (χ4v) is 2.54. The van der Waals surface area contributed by atoms with Gasteiger partial charge < -0.3 is 30.5 Å². The maximum atomic E-state index is 11.6. The summed E-state index contributed by atoms with van der Waals surface area (Å²) in [6.07, 6.45) is -0.445. The van der Waals surface area contributed by atoms with Crippen molar-refractivity contribution < 1.29 is 19.4 Å². The number of guanidine groups is 1. The van der Waals surface area contributed by atoms with Crippen LogP contribution in [-0.4, -0.2) is 92.3 Å². The van der Waals surface area contributed by atoms with Crippen LogP contribution in [0, 0.1) is 0 Å². The first kappa shape index (κ1) is 27.1. The molecular formula is C18H38IN5O4. The van der Waals surface area contributed by atoms with E-state index in [4.69, 9.17) is 9.47 Å². The number of hydrogen-bond donors (Lipinski definition) is 4. The number of amides is 1. The number of nitrogens with zero attached hydrogens (tertiary/aromatic N) is 2. The highest BCUT2D eigenvalue weighted by atomic mass is 127. The minimum absolute atomic E-state index is 0. The Hall–Kier alpha value is -0.850. The van der Waals surface area contributed by atoms with Gasteiger partial charge in [0, 0.05) is 39.3 Å². The molecule has 1 aliphatic heterocycles. The molecule has 0 aromatic carbocycles. The molecule has 0 aromatic heterocycles. The first-order chi connectivity index (χ1) is 12.6. The molecule has 1 amide bonds. The summed E-state index contributed by atoms with van der Waals surface area (Å²) in [4.78, 5) is 18.3. The highest BCUT2D eigenvalue weighted by Crippen LogP contribution is 2.09. The van der Waals surface area contributed by atoms with Crippen LogP contribution in [0.25, 0.3) is 0 Å².